The number of morpholine rings is 1. The first-order valence-electron chi connectivity index (χ1n) is 6.16. The Morgan fingerprint density at radius 2 is 2.21 bits per heavy atom. The van der Waals surface area contributed by atoms with Crippen LogP contribution in [0.4, 0.5) is 4.39 Å². The van der Waals surface area contributed by atoms with Crippen LogP contribution in [0.1, 0.15) is 5.56 Å². The van der Waals surface area contributed by atoms with Crippen molar-refractivity contribution in [2.45, 2.75) is 11.4 Å². The molecule has 0 saturated carbocycles. The fraction of sp³-hybridized carbons (Fsp3) is 0.462. The number of hydrogen-bond acceptors (Lipinski definition) is 3. The van der Waals surface area contributed by atoms with Crippen molar-refractivity contribution in [2.24, 2.45) is 10.7 Å². The molecule has 2 rings (SSSR count). The van der Waals surface area contributed by atoms with Crippen LogP contribution in [-0.4, -0.2) is 43.4 Å². The molecule has 1 aliphatic heterocycles. The van der Waals surface area contributed by atoms with E-state index in [1.165, 1.54) is 17.8 Å². The van der Waals surface area contributed by atoms with E-state index in [2.05, 4.69) is 4.99 Å². The summed E-state index contributed by atoms with van der Waals surface area (Å²) in [6.07, 6.45) is 1.92. The molecule has 0 atom stereocenters. The van der Waals surface area contributed by atoms with E-state index in [0.717, 1.165) is 18.0 Å². The van der Waals surface area contributed by atoms with Crippen LogP contribution in [0, 0.1) is 5.82 Å². The minimum atomic E-state index is -0.231. The van der Waals surface area contributed by atoms with Gasteiger partial charge in [0.25, 0.3) is 0 Å². The average Bonchev–Trinajstić information content (AvgIpc) is 2.46. The SMILES string of the molecule is CSc1cccc(F)c1CN=C(N)N1CCOCC1. The van der Waals surface area contributed by atoms with Gasteiger partial charge in [-0.3, -0.25) is 0 Å². The van der Waals surface area contributed by atoms with Crippen molar-refractivity contribution in [1.82, 2.24) is 4.90 Å². The maximum atomic E-state index is 13.8. The highest BCUT2D eigenvalue weighted by atomic mass is 32.2. The highest BCUT2D eigenvalue weighted by molar-refractivity contribution is 7.98. The minimum absolute atomic E-state index is 0.231. The zero-order valence-electron chi connectivity index (χ0n) is 10.9. The smallest absolute Gasteiger partial charge is 0.191 e. The summed E-state index contributed by atoms with van der Waals surface area (Å²) in [4.78, 5) is 7.16. The van der Waals surface area contributed by atoms with Crippen molar-refractivity contribution in [3.63, 3.8) is 0 Å². The Morgan fingerprint density at radius 3 is 2.89 bits per heavy atom. The first-order chi connectivity index (χ1) is 9.22. The molecule has 1 fully saturated rings. The number of halogens is 1. The largest absolute Gasteiger partial charge is 0.378 e. The summed E-state index contributed by atoms with van der Waals surface area (Å²) in [6.45, 7) is 3.06. The van der Waals surface area contributed by atoms with E-state index in [-0.39, 0.29) is 12.4 Å². The van der Waals surface area contributed by atoms with Crippen molar-refractivity contribution < 1.29 is 9.13 Å². The van der Waals surface area contributed by atoms with Crippen LogP contribution in [0.3, 0.4) is 0 Å². The Morgan fingerprint density at radius 1 is 1.47 bits per heavy atom. The Hall–Kier alpha value is -1.27. The molecule has 19 heavy (non-hydrogen) atoms. The van der Waals surface area contributed by atoms with Gasteiger partial charge >= 0.3 is 0 Å². The minimum Gasteiger partial charge on any atom is -0.378 e. The molecule has 1 heterocycles. The van der Waals surface area contributed by atoms with Crippen LogP contribution >= 0.6 is 11.8 Å². The van der Waals surface area contributed by atoms with Crippen LogP contribution in [0.25, 0.3) is 0 Å². The van der Waals surface area contributed by atoms with Gasteiger partial charge in [0.2, 0.25) is 0 Å². The van der Waals surface area contributed by atoms with Crippen molar-refractivity contribution in [3.05, 3.63) is 29.6 Å². The van der Waals surface area contributed by atoms with E-state index in [9.17, 15) is 4.39 Å². The highest BCUT2D eigenvalue weighted by Gasteiger charge is 2.13. The van der Waals surface area contributed by atoms with Gasteiger partial charge in [0.15, 0.2) is 5.96 Å². The molecule has 1 aromatic rings. The Labute approximate surface area is 116 Å². The number of thioether (sulfide) groups is 1. The Kier molecular flexibility index (Phi) is 5.04. The molecule has 104 valence electrons. The van der Waals surface area contributed by atoms with Crippen LogP contribution in [0.5, 0.6) is 0 Å². The Balaban J connectivity index is 2.08. The third kappa shape index (κ3) is 3.61. The number of aliphatic imine (C=N–C) groups is 1. The number of nitrogens with two attached hydrogens (primary N) is 1. The summed E-state index contributed by atoms with van der Waals surface area (Å²) in [5, 5.41) is 0. The van der Waals surface area contributed by atoms with Crippen molar-refractivity contribution in [3.8, 4) is 0 Å². The second-order valence-electron chi connectivity index (χ2n) is 4.19. The number of rotatable bonds is 3. The summed E-state index contributed by atoms with van der Waals surface area (Å²) >= 11 is 1.51. The summed E-state index contributed by atoms with van der Waals surface area (Å²) in [7, 11) is 0. The fourth-order valence-corrected chi connectivity index (χ4v) is 2.56. The van der Waals surface area contributed by atoms with Crippen molar-refractivity contribution in [2.75, 3.05) is 32.6 Å². The van der Waals surface area contributed by atoms with E-state index >= 15 is 0 Å². The van der Waals surface area contributed by atoms with Gasteiger partial charge in [-0.15, -0.1) is 11.8 Å². The zero-order chi connectivity index (χ0) is 13.7. The molecule has 2 N–H and O–H groups in total. The van der Waals surface area contributed by atoms with Crippen LogP contribution in [-0.2, 0) is 11.3 Å². The number of hydrogen-bond donors (Lipinski definition) is 1. The predicted molar refractivity (Wildman–Crippen MR) is 75.9 cm³/mol. The molecule has 4 nitrogen and oxygen atoms in total. The van der Waals surface area contributed by atoms with Gasteiger partial charge in [-0.1, -0.05) is 6.07 Å². The van der Waals surface area contributed by atoms with Gasteiger partial charge in [0, 0.05) is 23.5 Å². The molecule has 0 radical (unpaired) electrons. The lowest BCUT2D eigenvalue weighted by atomic mass is 10.2. The number of guanidine groups is 1. The lowest BCUT2D eigenvalue weighted by molar-refractivity contribution is 0.0674. The van der Waals surface area contributed by atoms with E-state index in [1.54, 1.807) is 6.07 Å². The van der Waals surface area contributed by atoms with E-state index in [0.29, 0.717) is 24.7 Å². The molecule has 1 saturated heterocycles. The first kappa shape index (κ1) is 14.1. The fourth-order valence-electron chi connectivity index (χ4n) is 1.94. The number of nitrogens with zero attached hydrogens (tertiary/aromatic N) is 2. The molecule has 1 aromatic carbocycles. The average molecular weight is 283 g/mol. The maximum Gasteiger partial charge on any atom is 0.191 e. The van der Waals surface area contributed by atoms with Gasteiger partial charge in [-0.2, -0.15) is 0 Å². The molecule has 6 heteroatoms. The summed E-state index contributed by atoms with van der Waals surface area (Å²) in [6, 6.07) is 5.05. The second-order valence-corrected chi connectivity index (χ2v) is 5.04. The maximum absolute atomic E-state index is 13.8. The predicted octanol–water partition coefficient (Wildman–Crippen LogP) is 1.69. The molecule has 0 spiro atoms. The summed E-state index contributed by atoms with van der Waals surface area (Å²) < 4.78 is 19.0. The molecule has 0 unspecified atom stereocenters. The van der Waals surface area contributed by atoms with Crippen molar-refractivity contribution in [1.29, 1.82) is 0 Å². The monoisotopic (exact) mass is 283 g/mol. The molecule has 0 aliphatic carbocycles. The lowest BCUT2D eigenvalue weighted by Gasteiger charge is -2.27. The number of benzene rings is 1. The van der Waals surface area contributed by atoms with Crippen molar-refractivity contribution >= 4 is 17.7 Å². The molecule has 0 bridgehead atoms. The standard InChI is InChI=1S/C13H18FN3OS/c1-19-12-4-2-3-11(14)10(12)9-16-13(15)17-5-7-18-8-6-17/h2-4H,5-9H2,1H3,(H2,15,16). The van der Waals surface area contributed by atoms with Crippen LogP contribution in [0.15, 0.2) is 28.1 Å². The van der Waals surface area contributed by atoms with Gasteiger partial charge in [-0.05, 0) is 18.4 Å². The third-order valence-corrected chi connectivity index (χ3v) is 3.85. The summed E-state index contributed by atoms with van der Waals surface area (Å²) in [5.41, 5.74) is 6.53. The normalized spacial score (nSPS) is 16.7. The molecule has 0 amide bonds. The molecular formula is C13H18FN3OS. The van der Waals surface area contributed by atoms with Gasteiger partial charge in [0.05, 0.1) is 19.8 Å². The zero-order valence-corrected chi connectivity index (χ0v) is 11.8. The van der Waals surface area contributed by atoms with Crippen LogP contribution < -0.4 is 5.73 Å². The highest BCUT2D eigenvalue weighted by Crippen LogP contribution is 2.23. The molecular weight excluding hydrogens is 265 g/mol. The first-order valence-corrected chi connectivity index (χ1v) is 7.39. The second kappa shape index (κ2) is 6.77. The van der Waals surface area contributed by atoms with Crippen LogP contribution in [0.2, 0.25) is 0 Å². The van der Waals surface area contributed by atoms with E-state index in [1.807, 2.05) is 17.2 Å². The number of ether oxygens (including phenoxy) is 1. The topological polar surface area (TPSA) is 50.8 Å². The summed E-state index contributed by atoms with van der Waals surface area (Å²) in [5.74, 6) is 0.226. The molecule has 0 aromatic heterocycles. The van der Waals surface area contributed by atoms with Gasteiger partial charge in [-0.25, -0.2) is 9.38 Å². The van der Waals surface area contributed by atoms with E-state index < -0.39 is 0 Å². The van der Waals surface area contributed by atoms with Gasteiger partial charge < -0.3 is 15.4 Å². The molecule has 1 aliphatic rings. The third-order valence-electron chi connectivity index (χ3n) is 3.03. The Bertz CT molecular complexity index is 461. The quantitative estimate of drug-likeness (QED) is 0.521. The van der Waals surface area contributed by atoms with Gasteiger partial charge in [0.1, 0.15) is 5.82 Å². The lowest BCUT2D eigenvalue weighted by Crippen LogP contribution is -2.44. The van der Waals surface area contributed by atoms with E-state index in [4.69, 9.17) is 10.5 Å².